The van der Waals surface area contributed by atoms with Gasteiger partial charge in [-0.1, -0.05) is 11.6 Å². The molecule has 1 rings (SSSR count). The van der Waals surface area contributed by atoms with Gasteiger partial charge in [-0.3, -0.25) is 10.1 Å². The van der Waals surface area contributed by atoms with Crippen LogP contribution in [0.4, 0.5) is 15.8 Å². The van der Waals surface area contributed by atoms with Gasteiger partial charge < -0.3 is 5.73 Å². The molecule has 2 N–H and O–H groups in total. The van der Waals surface area contributed by atoms with Gasteiger partial charge in [-0.15, -0.1) is 0 Å². The van der Waals surface area contributed by atoms with Gasteiger partial charge in [-0.25, -0.2) is 4.39 Å². The van der Waals surface area contributed by atoms with Gasteiger partial charge >= 0.3 is 0 Å². The molecule has 1 aromatic rings. The Balaban J connectivity index is 3.50. The quantitative estimate of drug-likeness (QED) is 0.369. The molecule has 0 aliphatic carbocycles. The maximum absolute atomic E-state index is 12.9. The maximum Gasteiger partial charge on any atom is 0.296 e. The van der Waals surface area contributed by atoms with Crippen molar-refractivity contribution in [2.24, 2.45) is 0 Å². The van der Waals surface area contributed by atoms with Crippen LogP contribution >= 0.6 is 27.5 Å². The Morgan fingerprint density at radius 3 is 2.69 bits per heavy atom. The molecule has 0 saturated heterocycles. The highest BCUT2D eigenvalue weighted by Crippen LogP contribution is 2.37. The van der Waals surface area contributed by atoms with Crippen LogP contribution in [0.5, 0.6) is 0 Å². The zero-order chi connectivity index (χ0) is 10.2. The molecule has 1 aromatic carbocycles. The largest absolute Gasteiger partial charge is 0.392 e. The standard InChI is InChI=1S/C6H3BrClFN2O2/c7-4-5(8)2(9)1-3(6(4)10)11(12)13/h1H,10H2. The molecule has 0 saturated carbocycles. The van der Waals surface area contributed by atoms with Gasteiger partial charge in [-0.05, 0) is 15.9 Å². The SMILES string of the molecule is Nc1c([N+](=O)[O-])cc(F)c(Cl)c1Br. The van der Waals surface area contributed by atoms with Crippen molar-refractivity contribution in [1.29, 1.82) is 0 Å². The van der Waals surface area contributed by atoms with E-state index >= 15 is 0 Å². The van der Waals surface area contributed by atoms with Crippen molar-refractivity contribution < 1.29 is 9.31 Å². The summed E-state index contributed by atoms with van der Waals surface area (Å²) in [4.78, 5) is 9.55. The van der Waals surface area contributed by atoms with E-state index in [9.17, 15) is 14.5 Å². The Hall–Kier alpha value is -0.880. The lowest BCUT2D eigenvalue weighted by molar-refractivity contribution is -0.384. The van der Waals surface area contributed by atoms with Crippen LogP contribution in [0.1, 0.15) is 0 Å². The van der Waals surface area contributed by atoms with E-state index < -0.39 is 16.4 Å². The summed E-state index contributed by atoms with van der Waals surface area (Å²) in [6.45, 7) is 0. The normalized spacial score (nSPS) is 10.1. The van der Waals surface area contributed by atoms with Gasteiger partial charge in [0.15, 0.2) is 0 Å². The van der Waals surface area contributed by atoms with E-state index in [0.29, 0.717) is 6.07 Å². The van der Waals surface area contributed by atoms with E-state index in [1.165, 1.54) is 0 Å². The van der Waals surface area contributed by atoms with Gasteiger partial charge in [0.25, 0.3) is 5.69 Å². The van der Waals surface area contributed by atoms with E-state index in [1.807, 2.05) is 0 Å². The number of nitrogen functional groups attached to an aromatic ring is 1. The second kappa shape index (κ2) is 3.47. The Morgan fingerprint density at radius 2 is 2.23 bits per heavy atom. The van der Waals surface area contributed by atoms with Crippen LogP contribution in [0.2, 0.25) is 5.02 Å². The molecule has 0 aromatic heterocycles. The van der Waals surface area contributed by atoms with Crippen LogP contribution in [-0.4, -0.2) is 4.92 Å². The molecule has 13 heavy (non-hydrogen) atoms. The molecule has 0 aliphatic heterocycles. The van der Waals surface area contributed by atoms with Crippen molar-refractivity contribution in [2.45, 2.75) is 0 Å². The van der Waals surface area contributed by atoms with Crippen LogP contribution in [0, 0.1) is 15.9 Å². The molecule has 0 amide bonds. The number of nitrogens with zero attached hydrogens (tertiary/aromatic N) is 1. The number of rotatable bonds is 1. The zero-order valence-electron chi connectivity index (χ0n) is 6.05. The van der Waals surface area contributed by atoms with Crippen LogP contribution in [0.3, 0.4) is 0 Å². The topological polar surface area (TPSA) is 69.2 Å². The van der Waals surface area contributed by atoms with Crippen molar-refractivity contribution >= 4 is 38.9 Å². The first-order valence-electron chi connectivity index (χ1n) is 3.02. The molecule has 0 aliphatic rings. The number of nitrogens with two attached hydrogens (primary N) is 1. The third-order valence-corrected chi connectivity index (χ3v) is 2.80. The molecule has 0 radical (unpaired) electrons. The lowest BCUT2D eigenvalue weighted by Crippen LogP contribution is -1.98. The lowest BCUT2D eigenvalue weighted by atomic mass is 10.2. The van der Waals surface area contributed by atoms with Gasteiger partial charge in [-0.2, -0.15) is 0 Å². The molecular weight excluding hydrogens is 266 g/mol. The monoisotopic (exact) mass is 268 g/mol. The Kier molecular flexibility index (Phi) is 2.72. The van der Waals surface area contributed by atoms with Crippen molar-refractivity contribution in [3.63, 3.8) is 0 Å². The Morgan fingerprint density at radius 1 is 1.69 bits per heavy atom. The van der Waals surface area contributed by atoms with Gasteiger partial charge in [0, 0.05) is 0 Å². The summed E-state index contributed by atoms with van der Waals surface area (Å²) in [6, 6.07) is 0.683. The smallest absolute Gasteiger partial charge is 0.296 e. The average molecular weight is 269 g/mol. The Bertz CT molecular complexity index is 385. The predicted octanol–water partition coefficient (Wildman–Crippen LogP) is 2.73. The molecule has 0 heterocycles. The summed E-state index contributed by atoms with van der Waals surface area (Å²) < 4.78 is 12.9. The second-order valence-electron chi connectivity index (χ2n) is 2.18. The molecule has 4 nitrogen and oxygen atoms in total. The van der Waals surface area contributed by atoms with E-state index in [-0.39, 0.29) is 15.2 Å². The minimum absolute atomic E-state index is 0.000802. The minimum Gasteiger partial charge on any atom is -0.392 e. The predicted molar refractivity (Wildman–Crippen MR) is 50.2 cm³/mol. The van der Waals surface area contributed by atoms with Gasteiger partial charge in [0.2, 0.25) is 0 Å². The fourth-order valence-electron chi connectivity index (χ4n) is 0.748. The van der Waals surface area contributed by atoms with E-state index in [4.69, 9.17) is 17.3 Å². The first kappa shape index (κ1) is 10.2. The van der Waals surface area contributed by atoms with E-state index in [2.05, 4.69) is 15.9 Å². The first-order valence-corrected chi connectivity index (χ1v) is 4.19. The number of anilines is 1. The second-order valence-corrected chi connectivity index (χ2v) is 3.35. The number of hydrogen-bond acceptors (Lipinski definition) is 3. The summed E-state index contributed by atoms with van der Waals surface area (Å²) in [6.07, 6.45) is 0. The first-order chi connectivity index (χ1) is 5.95. The lowest BCUT2D eigenvalue weighted by Gasteiger charge is -2.02. The summed E-state index contributed by atoms with van der Waals surface area (Å²) in [5, 5.41) is 10.1. The molecular formula is C6H3BrClFN2O2. The van der Waals surface area contributed by atoms with Crippen LogP contribution in [0.25, 0.3) is 0 Å². The maximum atomic E-state index is 12.9. The molecule has 7 heteroatoms. The molecule has 70 valence electrons. The highest BCUT2D eigenvalue weighted by atomic mass is 79.9. The molecule has 0 bridgehead atoms. The number of hydrogen-bond donors (Lipinski definition) is 1. The van der Waals surface area contributed by atoms with Crippen molar-refractivity contribution in [1.82, 2.24) is 0 Å². The minimum atomic E-state index is -0.880. The molecule has 0 atom stereocenters. The highest BCUT2D eigenvalue weighted by Gasteiger charge is 2.20. The number of nitro groups is 1. The third kappa shape index (κ3) is 1.73. The van der Waals surface area contributed by atoms with Gasteiger partial charge in [0.05, 0.1) is 20.5 Å². The molecule has 0 spiro atoms. The summed E-state index contributed by atoms with van der Waals surface area (Å²) in [5.41, 5.74) is 4.62. The van der Waals surface area contributed by atoms with Crippen molar-refractivity contribution in [3.05, 3.63) is 31.5 Å². The van der Waals surface area contributed by atoms with E-state index in [0.717, 1.165) is 0 Å². The van der Waals surface area contributed by atoms with Crippen molar-refractivity contribution in [3.8, 4) is 0 Å². The summed E-state index contributed by atoms with van der Waals surface area (Å²) in [5.74, 6) is -0.880. The average Bonchev–Trinajstić information content (AvgIpc) is 2.07. The van der Waals surface area contributed by atoms with Crippen molar-refractivity contribution in [2.75, 3.05) is 5.73 Å². The van der Waals surface area contributed by atoms with E-state index in [1.54, 1.807) is 0 Å². The van der Waals surface area contributed by atoms with Gasteiger partial charge in [0.1, 0.15) is 11.5 Å². The van der Waals surface area contributed by atoms with Crippen LogP contribution in [-0.2, 0) is 0 Å². The molecule has 0 unspecified atom stereocenters. The van der Waals surface area contributed by atoms with Crippen LogP contribution in [0.15, 0.2) is 10.5 Å². The summed E-state index contributed by atoms with van der Waals surface area (Å²) >= 11 is 8.28. The number of halogens is 3. The zero-order valence-corrected chi connectivity index (χ0v) is 8.39. The fraction of sp³-hybridized carbons (Fsp3) is 0. The third-order valence-electron chi connectivity index (χ3n) is 1.37. The molecule has 0 fully saturated rings. The Labute approximate surface area is 85.8 Å². The highest BCUT2D eigenvalue weighted by molar-refractivity contribution is 9.10. The summed E-state index contributed by atoms with van der Waals surface area (Å²) in [7, 11) is 0. The number of benzene rings is 1. The van der Waals surface area contributed by atoms with Crippen LogP contribution < -0.4 is 5.73 Å². The number of nitro benzene ring substituents is 1. The fourth-order valence-corrected chi connectivity index (χ4v) is 1.30.